The van der Waals surface area contributed by atoms with Gasteiger partial charge in [-0.15, -0.1) is 10.2 Å². The number of rotatable bonds is 8. The molecule has 1 saturated heterocycles. The predicted octanol–water partition coefficient (Wildman–Crippen LogP) is 4.48. The van der Waals surface area contributed by atoms with Gasteiger partial charge in [0, 0.05) is 12.3 Å². The van der Waals surface area contributed by atoms with Gasteiger partial charge in [0.25, 0.3) is 0 Å². The van der Waals surface area contributed by atoms with Crippen molar-refractivity contribution in [2.75, 3.05) is 24.3 Å². The molecule has 3 aromatic rings. The van der Waals surface area contributed by atoms with Gasteiger partial charge in [0.05, 0.1) is 17.5 Å². The van der Waals surface area contributed by atoms with E-state index in [0.29, 0.717) is 11.8 Å². The number of carbonyl (C=O) groups excluding carboxylic acids is 1. The summed E-state index contributed by atoms with van der Waals surface area (Å²) in [5.41, 5.74) is 4.06. The number of nitrogens with one attached hydrogen (secondary N) is 1. The third-order valence-electron chi connectivity index (χ3n) is 5.33. The Bertz CT molecular complexity index is 1080. The molecule has 1 amide bonds. The molecule has 2 heterocycles. The van der Waals surface area contributed by atoms with E-state index in [1.807, 2.05) is 35.8 Å². The van der Waals surface area contributed by atoms with E-state index in [0.717, 1.165) is 53.5 Å². The number of amides is 1. The quantitative estimate of drug-likeness (QED) is 0.508. The molecule has 1 fully saturated rings. The number of hydrogen-bond donors (Lipinski definition) is 1. The highest BCUT2D eigenvalue weighted by atomic mass is 32.2. The fourth-order valence-corrected chi connectivity index (χ4v) is 4.39. The second kappa shape index (κ2) is 10.2. The van der Waals surface area contributed by atoms with Crippen LogP contribution in [0.15, 0.2) is 47.6 Å². The van der Waals surface area contributed by atoms with Gasteiger partial charge in [0.1, 0.15) is 18.2 Å². The van der Waals surface area contributed by atoms with Crippen molar-refractivity contribution in [1.82, 2.24) is 14.8 Å². The average Bonchev–Trinajstić information content (AvgIpc) is 3.43. The SMILES string of the molecule is Cc1ccc(C)c(-n2c(C)nnc2SCC(=O)Nc2ccc(OCC3CCCO3)cc2)c1. The molecule has 1 aliphatic heterocycles. The van der Waals surface area contributed by atoms with Crippen LogP contribution in [0.1, 0.15) is 29.8 Å². The van der Waals surface area contributed by atoms with Crippen LogP contribution in [0.3, 0.4) is 0 Å². The van der Waals surface area contributed by atoms with Gasteiger partial charge in [0.2, 0.25) is 5.91 Å². The lowest BCUT2D eigenvalue weighted by molar-refractivity contribution is -0.113. The average molecular weight is 453 g/mol. The molecule has 0 spiro atoms. The molecule has 168 valence electrons. The molecule has 0 radical (unpaired) electrons. The fraction of sp³-hybridized carbons (Fsp3) is 0.375. The molecule has 1 N–H and O–H groups in total. The maximum atomic E-state index is 12.5. The maximum Gasteiger partial charge on any atom is 0.234 e. The number of aryl methyl sites for hydroxylation is 3. The van der Waals surface area contributed by atoms with Crippen molar-refractivity contribution >= 4 is 23.4 Å². The number of carbonyl (C=O) groups is 1. The first-order valence-electron chi connectivity index (χ1n) is 10.8. The third kappa shape index (κ3) is 5.49. The van der Waals surface area contributed by atoms with E-state index in [1.54, 1.807) is 0 Å². The Labute approximate surface area is 192 Å². The van der Waals surface area contributed by atoms with Gasteiger partial charge in [-0.05, 0) is 75.1 Å². The molecule has 1 aromatic heterocycles. The first-order chi connectivity index (χ1) is 15.5. The molecule has 1 aliphatic rings. The zero-order valence-corrected chi connectivity index (χ0v) is 19.4. The molecule has 0 saturated carbocycles. The van der Waals surface area contributed by atoms with Crippen LogP contribution >= 0.6 is 11.8 Å². The minimum atomic E-state index is -0.101. The molecular weight excluding hydrogens is 424 g/mol. The van der Waals surface area contributed by atoms with E-state index in [-0.39, 0.29) is 17.8 Å². The summed E-state index contributed by atoms with van der Waals surface area (Å²) in [4.78, 5) is 12.5. The van der Waals surface area contributed by atoms with Gasteiger partial charge < -0.3 is 14.8 Å². The molecular formula is C24H28N4O3S. The Morgan fingerprint density at radius 3 is 2.75 bits per heavy atom. The van der Waals surface area contributed by atoms with Gasteiger partial charge in [-0.1, -0.05) is 23.9 Å². The summed E-state index contributed by atoms with van der Waals surface area (Å²) in [6.45, 7) is 7.41. The van der Waals surface area contributed by atoms with Crippen LogP contribution < -0.4 is 10.1 Å². The zero-order valence-electron chi connectivity index (χ0n) is 18.6. The Kier molecular flexibility index (Phi) is 7.12. The van der Waals surface area contributed by atoms with Gasteiger partial charge in [-0.3, -0.25) is 9.36 Å². The van der Waals surface area contributed by atoms with E-state index >= 15 is 0 Å². The topological polar surface area (TPSA) is 78.3 Å². The lowest BCUT2D eigenvalue weighted by Gasteiger charge is -2.13. The number of thioether (sulfide) groups is 1. The molecule has 0 bridgehead atoms. The monoisotopic (exact) mass is 452 g/mol. The first kappa shape index (κ1) is 22.4. The summed E-state index contributed by atoms with van der Waals surface area (Å²) >= 11 is 1.37. The van der Waals surface area contributed by atoms with Crippen LogP contribution in [0.5, 0.6) is 5.75 Å². The molecule has 0 aliphatic carbocycles. The summed E-state index contributed by atoms with van der Waals surface area (Å²) in [6, 6.07) is 13.7. The van der Waals surface area contributed by atoms with Crippen LogP contribution in [0.25, 0.3) is 5.69 Å². The maximum absolute atomic E-state index is 12.5. The van der Waals surface area contributed by atoms with Crippen molar-refractivity contribution < 1.29 is 14.3 Å². The van der Waals surface area contributed by atoms with E-state index in [1.165, 1.54) is 11.8 Å². The van der Waals surface area contributed by atoms with E-state index in [2.05, 4.69) is 47.6 Å². The van der Waals surface area contributed by atoms with Crippen LogP contribution in [-0.2, 0) is 9.53 Å². The molecule has 32 heavy (non-hydrogen) atoms. The van der Waals surface area contributed by atoms with Crippen molar-refractivity contribution in [3.8, 4) is 11.4 Å². The Balaban J connectivity index is 1.33. The first-order valence-corrected chi connectivity index (χ1v) is 11.7. The second-order valence-corrected chi connectivity index (χ2v) is 8.90. The van der Waals surface area contributed by atoms with Crippen molar-refractivity contribution in [2.45, 2.75) is 44.9 Å². The smallest absolute Gasteiger partial charge is 0.234 e. The van der Waals surface area contributed by atoms with Gasteiger partial charge in [0.15, 0.2) is 5.16 Å². The summed E-state index contributed by atoms with van der Waals surface area (Å²) in [5.74, 6) is 1.70. The molecule has 1 unspecified atom stereocenters. The predicted molar refractivity (Wildman–Crippen MR) is 126 cm³/mol. The molecule has 4 rings (SSSR count). The highest BCUT2D eigenvalue weighted by Gasteiger charge is 2.17. The number of nitrogens with zero attached hydrogens (tertiary/aromatic N) is 3. The molecule has 8 heteroatoms. The molecule has 1 atom stereocenters. The van der Waals surface area contributed by atoms with Crippen molar-refractivity contribution in [3.05, 3.63) is 59.4 Å². The normalized spacial score (nSPS) is 15.7. The Morgan fingerprint density at radius 2 is 2.00 bits per heavy atom. The second-order valence-electron chi connectivity index (χ2n) is 7.96. The largest absolute Gasteiger partial charge is 0.491 e. The zero-order chi connectivity index (χ0) is 22.5. The summed E-state index contributed by atoms with van der Waals surface area (Å²) < 4.78 is 13.3. The fourth-order valence-electron chi connectivity index (χ4n) is 3.60. The van der Waals surface area contributed by atoms with E-state index in [9.17, 15) is 4.79 Å². The van der Waals surface area contributed by atoms with E-state index < -0.39 is 0 Å². The minimum absolute atomic E-state index is 0.101. The number of benzene rings is 2. The van der Waals surface area contributed by atoms with Crippen LogP contribution in [0.4, 0.5) is 5.69 Å². The lowest BCUT2D eigenvalue weighted by Crippen LogP contribution is -2.16. The van der Waals surface area contributed by atoms with Crippen molar-refractivity contribution in [3.63, 3.8) is 0 Å². The lowest BCUT2D eigenvalue weighted by atomic mass is 10.1. The summed E-state index contributed by atoms with van der Waals surface area (Å²) in [5, 5.41) is 12.1. The van der Waals surface area contributed by atoms with E-state index in [4.69, 9.17) is 9.47 Å². The van der Waals surface area contributed by atoms with Crippen LogP contribution in [0, 0.1) is 20.8 Å². The third-order valence-corrected chi connectivity index (χ3v) is 6.26. The highest BCUT2D eigenvalue weighted by Crippen LogP contribution is 2.25. The Morgan fingerprint density at radius 1 is 1.19 bits per heavy atom. The highest BCUT2D eigenvalue weighted by molar-refractivity contribution is 7.99. The molecule has 2 aromatic carbocycles. The van der Waals surface area contributed by atoms with Crippen molar-refractivity contribution in [1.29, 1.82) is 0 Å². The number of hydrogen-bond acceptors (Lipinski definition) is 6. The number of ether oxygens (including phenoxy) is 2. The summed E-state index contributed by atoms with van der Waals surface area (Å²) in [7, 11) is 0. The van der Waals surface area contributed by atoms with Gasteiger partial charge in [-0.2, -0.15) is 0 Å². The van der Waals surface area contributed by atoms with Gasteiger partial charge >= 0.3 is 0 Å². The number of anilines is 1. The van der Waals surface area contributed by atoms with Gasteiger partial charge in [-0.25, -0.2) is 0 Å². The summed E-state index contributed by atoms with van der Waals surface area (Å²) in [6.07, 6.45) is 2.32. The number of aromatic nitrogens is 3. The molecule has 7 nitrogen and oxygen atoms in total. The van der Waals surface area contributed by atoms with Crippen LogP contribution in [0.2, 0.25) is 0 Å². The van der Waals surface area contributed by atoms with Crippen molar-refractivity contribution in [2.24, 2.45) is 0 Å². The minimum Gasteiger partial charge on any atom is -0.491 e. The Hall–Kier alpha value is -2.84. The standard InChI is InChI=1S/C24H28N4O3S/c1-16-6-7-17(2)22(13-16)28-18(3)26-27-24(28)32-15-23(29)25-19-8-10-20(11-9-19)31-14-21-5-4-12-30-21/h6-11,13,21H,4-5,12,14-15H2,1-3H3,(H,25,29). The van der Waals surface area contributed by atoms with Crippen LogP contribution in [-0.4, -0.2) is 45.7 Å².